The molecule has 2 N–H and O–H groups in total. The van der Waals surface area contributed by atoms with Gasteiger partial charge in [0.15, 0.2) is 0 Å². The molecule has 3 atom stereocenters. The number of carboxylic acid groups (broad SMARTS) is 1. The highest BCUT2D eigenvalue weighted by atomic mass is 16.4. The number of likely N-dealkylation sites (N-methyl/N-ethyl adjacent to an activating group) is 1. The molecule has 20 heavy (non-hydrogen) atoms. The number of hydrogen-bond donors (Lipinski definition) is 2. The van der Waals surface area contributed by atoms with Gasteiger partial charge in [0.05, 0.1) is 5.92 Å². The minimum Gasteiger partial charge on any atom is -0.481 e. The molecule has 1 saturated heterocycles. The second kappa shape index (κ2) is 7.47. The molecule has 1 heterocycles. The quantitative estimate of drug-likeness (QED) is 0.766. The Morgan fingerprint density at radius 3 is 2.60 bits per heavy atom. The predicted molar refractivity (Wildman–Crippen MR) is 77.6 cm³/mol. The first-order chi connectivity index (χ1) is 9.36. The number of urea groups is 1. The monoisotopic (exact) mass is 285 g/mol. The zero-order chi connectivity index (χ0) is 15.3. The van der Waals surface area contributed by atoms with Crippen LogP contribution in [0.1, 0.15) is 27.2 Å². The van der Waals surface area contributed by atoms with Crippen molar-refractivity contribution in [3.05, 3.63) is 0 Å². The Labute approximate surface area is 121 Å². The van der Waals surface area contributed by atoms with Gasteiger partial charge in [0.1, 0.15) is 0 Å². The van der Waals surface area contributed by atoms with Gasteiger partial charge in [0, 0.05) is 32.2 Å². The van der Waals surface area contributed by atoms with E-state index in [-0.39, 0.29) is 11.9 Å². The van der Waals surface area contributed by atoms with Gasteiger partial charge in [-0.1, -0.05) is 13.8 Å². The van der Waals surface area contributed by atoms with Gasteiger partial charge in [-0.2, -0.15) is 0 Å². The van der Waals surface area contributed by atoms with Crippen LogP contribution in [0.5, 0.6) is 0 Å². The van der Waals surface area contributed by atoms with E-state index in [1.54, 1.807) is 4.90 Å². The second-order valence-corrected chi connectivity index (χ2v) is 5.80. The molecule has 0 radical (unpaired) electrons. The number of carbonyl (C=O) groups is 2. The van der Waals surface area contributed by atoms with Crippen molar-refractivity contribution < 1.29 is 14.7 Å². The molecule has 1 aliphatic rings. The lowest BCUT2D eigenvalue weighted by Crippen LogP contribution is -2.43. The summed E-state index contributed by atoms with van der Waals surface area (Å²) in [7, 11) is 2.04. The summed E-state index contributed by atoms with van der Waals surface area (Å²) in [5, 5.41) is 11.9. The van der Waals surface area contributed by atoms with E-state index in [9.17, 15) is 9.59 Å². The summed E-state index contributed by atoms with van der Waals surface area (Å²) < 4.78 is 0. The molecule has 116 valence electrons. The standard InChI is InChI=1S/C14H27N3O3/c1-5-11(3)16(4)7-6-15-14(20)17-8-10(2)12(9-17)13(18)19/h10-12H,5-9H2,1-4H3,(H,15,20)(H,18,19). The normalized spacial score (nSPS) is 23.9. The van der Waals surface area contributed by atoms with Crippen molar-refractivity contribution in [3.8, 4) is 0 Å². The molecule has 1 rings (SSSR count). The second-order valence-electron chi connectivity index (χ2n) is 5.80. The Kier molecular flexibility index (Phi) is 6.26. The Morgan fingerprint density at radius 1 is 1.45 bits per heavy atom. The Morgan fingerprint density at radius 2 is 2.10 bits per heavy atom. The molecule has 0 aromatic heterocycles. The minimum absolute atomic E-state index is 0.0148. The first-order valence-corrected chi connectivity index (χ1v) is 7.32. The Bertz CT molecular complexity index is 349. The lowest BCUT2D eigenvalue weighted by atomic mass is 9.99. The van der Waals surface area contributed by atoms with Crippen LogP contribution in [0.4, 0.5) is 4.79 Å². The van der Waals surface area contributed by atoms with E-state index in [0.717, 1.165) is 13.0 Å². The summed E-state index contributed by atoms with van der Waals surface area (Å²) in [6.45, 7) is 8.38. The van der Waals surface area contributed by atoms with Crippen LogP contribution < -0.4 is 5.32 Å². The van der Waals surface area contributed by atoms with E-state index in [1.165, 1.54) is 0 Å². The lowest BCUT2D eigenvalue weighted by Gasteiger charge is -2.24. The number of aliphatic carboxylic acids is 1. The zero-order valence-corrected chi connectivity index (χ0v) is 12.9. The first kappa shape index (κ1) is 16.8. The smallest absolute Gasteiger partial charge is 0.317 e. The van der Waals surface area contributed by atoms with Crippen molar-refractivity contribution in [1.29, 1.82) is 0 Å². The van der Waals surface area contributed by atoms with Crippen molar-refractivity contribution >= 4 is 12.0 Å². The van der Waals surface area contributed by atoms with E-state index in [1.807, 2.05) is 14.0 Å². The van der Waals surface area contributed by atoms with Crippen LogP contribution in [0.3, 0.4) is 0 Å². The Balaban J connectivity index is 2.32. The number of amides is 2. The summed E-state index contributed by atoms with van der Waals surface area (Å²) in [5.41, 5.74) is 0. The fourth-order valence-corrected chi connectivity index (χ4v) is 2.44. The van der Waals surface area contributed by atoms with Crippen LogP contribution in [0.2, 0.25) is 0 Å². The summed E-state index contributed by atoms with van der Waals surface area (Å²) in [5.74, 6) is -1.24. The van der Waals surface area contributed by atoms with Crippen LogP contribution in [-0.2, 0) is 4.79 Å². The molecular weight excluding hydrogens is 258 g/mol. The number of carboxylic acids is 1. The third-order valence-electron chi connectivity index (χ3n) is 4.30. The topological polar surface area (TPSA) is 72.9 Å². The molecule has 1 aliphatic heterocycles. The zero-order valence-electron chi connectivity index (χ0n) is 12.9. The van der Waals surface area contributed by atoms with Gasteiger partial charge in [0.25, 0.3) is 0 Å². The van der Waals surface area contributed by atoms with Crippen molar-refractivity contribution in [3.63, 3.8) is 0 Å². The molecule has 0 aliphatic carbocycles. The van der Waals surface area contributed by atoms with Gasteiger partial charge in [0.2, 0.25) is 0 Å². The molecular formula is C14H27N3O3. The number of nitrogens with one attached hydrogen (secondary N) is 1. The molecule has 0 bridgehead atoms. The Hall–Kier alpha value is -1.30. The predicted octanol–water partition coefficient (Wildman–Crippen LogP) is 1.08. The average Bonchev–Trinajstić information content (AvgIpc) is 2.79. The van der Waals surface area contributed by atoms with Crippen molar-refractivity contribution in [2.24, 2.45) is 11.8 Å². The van der Waals surface area contributed by atoms with Crippen LogP contribution in [0.25, 0.3) is 0 Å². The summed E-state index contributed by atoms with van der Waals surface area (Å²) in [6.07, 6.45) is 1.08. The van der Waals surface area contributed by atoms with Gasteiger partial charge in [-0.3, -0.25) is 4.79 Å². The molecule has 6 heteroatoms. The third-order valence-corrected chi connectivity index (χ3v) is 4.30. The lowest BCUT2D eigenvalue weighted by molar-refractivity contribution is -0.142. The largest absolute Gasteiger partial charge is 0.481 e. The number of carbonyl (C=O) groups excluding carboxylic acids is 1. The summed E-state index contributed by atoms with van der Waals surface area (Å²) in [6, 6.07) is 0.341. The molecule has 0 saturated carbocycles. The number of likely N-dealkylation sites (tertiary alicyclic amines) is 1. The van der Waals surface area contributed by atoms with Gasteiger partial charge < -0.3 is 20.2 Å². The highest BCUT2D eigenvalue weighted by molar-refractivity contribution is 5.77. The molecule has 2 amide bonds. The van der Waals surface area contributed by atoms with Gasteiger partial charge in [-0.15, -0.1) is 0 Å². The first-order valence-electron chi connectivity index (χ1n) is 7.32. The van der Waals surface area contributed by atoms with E-state index in [0.29, 0.717) is 25.7 Å². The van der Waals surface area contributed by atoms with E-state index in [4.69, 9.17) is 5.11 Å². The van der Waals surface area contributed by atoms with Gasteiger partial charge in [-0.25, -0.2) is 4.79 Å². The molecule has 1 fully saturated rings. The van der Waals surface area contributed by atoms with E-state index >= 15 is 0 Å². The average molecular weight is 285 g/mol. The highest BCUT2D eigenvalue weighted by Gasteiger charge is 2.36. The molecule has 3 unspecified atom stereocenters. The maximum Gasteiger partial charge on any atom is 0.317 e. The fraction of sp³-hybridized carbons (Fsp3) is 0.857. The molecule has 0 spiro atoms. The minimum atomic E-state index is -0.815. The van der Waals surface area contributed by atoms with Crippen LogP contribution >= 0.6 is 0 Å². The summed E-state index contributed by atoms with van der Waals surface area (Å²) >= 11 is 0. The third kappa shape index (κ3) is 4.37. The number of nitrogens with zero attached hydrogens (tertiary/aromatic N) is 2. The van der Waals surface area contributed by atoms with Crippen molar-refractivity contribution in [2.45, 2.75) is 33.2 Å². The maximum absolute atomic E-state index is 12.0. The fourth-order valence-electron chi connectivity index (χ4n) is 2.44. The van der Waals surface area contributed by atoms with Crippen molar-refractivity contribution in [1.82, 2.24) is 15.1 Å². The van der Waals surface area contributed by atoms with Crippen LogP contribution in [-0.4, -0.2) is 66.2 Å². The van der Waals surface area contributed by atoms with E-state index in [2.05, 4.69) is 24.1 Å². The summed E-state index contributed by atoms with van der Waals surface area (Å²) in [4.78, 5) is 26.8. The highest BCUT2D eigenvalue weighted by Crippen LogP contribution is 2.22. The van der Waals surface area contributed by atoms with Gasteiger partial charge >= 0.3 is 12.0 Å². The number of rotatable bonds is 6. The van der Waals surface area contributed by atoms with E-state index < -0.39 is 11.9 Å². The van der Waals surface area contributed by atoms with Crippen LogP contribution in [0.15, 0.2) is 0 Å². The number of hydrogen-bond acceptors (Lipinski definition) is 3. The molecule has 0 aromatic rings. The molecule has 6 nitrogen and oxygen atoms in total. The molecule has 0 aromatic carbocycles. The van der Waals surface area contributed by atoms with Gasteiger partial charge in [-0.05, 0) is 26.3 Å². The SMILES string of the molecule is CCC(C)N(C)CCNC(=O)N1CC(C)C(C(=O)O)C1. The van der Waals surface area contributed by atoms with Crippen LogP contribution in [0, 0.1) is 11.8 Å². The maximum atomic E-state index is 12.0. The van der Waals surface area contributed by atoms with Crippen molar-refractivity contribution in [2.75, 3.05) is 33.2 Å².